The number of unbranched alkanes of at least 4 members (excludes halogenated alkanes) is 5. The zero-order valence-electron chi connectivity index (χ0n) is 37.0. The van der Waals surface area contributed by atoms with Crippen molar-refractivity contribution < 1.29 is 4.57 Å². The lowest BCUT2D eigenvalue weighted by molar-refractivity contribution is -0.538. The van der Waals surface area contributed by atoms with Crippen LogP contribution in [0.2, 0.25) is 0 Å². The molecule has 0 aliphatic heterocycles. The molecule has 0 spiro atoms. The molecule has 0 atom stereocenters. The topological polar surface area (TPSA) is 71.7 Å². The molecule has 1 aliphatic rings. The number of rotatable bonds is 17. The number of fused-ring (bicyclic) bond motifs is 2. The summed E-state index contributed by atoms with van der Waals surface area (Å²) in [4.78, 5) is 14.7. The molecular weight excluding hydrogens is 737 g/mol. The van der Waals surface area contributed by atoms with Gasteiger partial charge in [0.15, 0.2) is 0 Å². The highest BCUT2D eigenvalue weighted by Gasteiger charge is 2.24. The summed E-state index contributed by atoms with van der Waals surface area (Å²) < 4.78 is 2.39. The Balaban J connectivity index is 0.885. The number of hydrogen-bond acceptors (Lipinski definition) is 7. The zero-order chi connectivity index (χ0) is 42.2. The number of nitrogens with one attached hydrogen (secondary N) is 3. The fourth-order valence-corrected chi connectivity index (χ4v) is 8.46. The number of allylic oxidation sites excluding steroid dienone is 3. The third-order valence-electron chi connectivity index (χ3n) is 11.7. The van der Waals surface area contributed by atoms with E-state index in [2.05, 4.69) is 189 Å². The van der Waals surface area contributed by atoms with Crippen molar-refractivity contribution in [1.82, 2.24) is 10.3 Å². The van der Waals surface area contributed by atoms with Gasteiger partial charge in [0.1, 0.15) is 11.0 Å². The van der Waals surface area contributed by atoms with Crippen molar-refractivity contribution >= 4 is 61.9 Å². The average molecular weight is 800 g/mol. The minimum Gasteiger partial charge on any atom is -0.385 e. The largest absolute Gasteiger partial charge is 0.385 e. The van der Waals surface area contributed by atoms with Crippen LogP contribution in [-0.4, -0.2) is 52.0 Å². The molecule has 0 bridgehead atoms. The summed E-state index contributed by atoms with van der Waals surface area (Å²) in [5, 5.41) is 11.1. The van der Waals surface area contributed by atoms with Crippen LogP contribution in [0.15, 0.2) is 125 Å². The fraction of sp³-hybridized carbons (Fsp3) is 0.327. The van der Waals surface area contributed by atoms with Crippen molar-refractivity contribution in [2.24, 2.45) is 4.99 Å². The summed E-state index contributed by atoms with van der Waals surface area (Å²) in [6.07, 6.45) is 12.6. The highest BCUT2D eigenvalue weighted by molar-refractivity contribution is 6.01. The summed E-state index contributed by atoms with van der Waals surface area (Å²) in [5.74, 6) is 0. The molecule has 1 heterocycles. The van der Waals surface area contributed by atoms with Gasteiger partial charge in [-0.05, 0) is 106 Å². The Bertz CT molecular complexity index is 2530. The molecule has 3 N–H and O–H groups in total. The van der Waals surface area contributed by atoms with Gasteiger partial charge in [-0.15, -0.1) is 4.57 Å². The molecule has 5 aromatic carbocycles. The van der Waals surface area contributed by atoms with Gasteiger partial charge in [0.2, 0.25) is 16.7 Å². The molecule has 0 amide bonds. The monoisotopic (exact) mass is 800 g/mol. The highest BCUT2D eigenvalue weighted by atomic mass is 15.1. The first-order chi connectivity index (χ1) is 29.1. The summed E-state index contributed by atoms with van der Waals surface area (Å²) in [6, 6.07) is 34.2. The average Bonchev–Trinajstić information content (AvgIpc) is 3.23. The van der Waals surface area contributed by atoms with Gasteiger partial charge in [-0.3, -0.25) is 4.99 Å². The minimum absolute atomic E-state index is 0.809. The number of aliphatic imine (C=N–C) groups is 1. The SMILES string of the molecule is CC1=CC(=Nc2ccc(N(C)C)c(C)c2Nc2ccccc2)CC=C1NCCCCCCCCNc1cc2c(cc1C)nc1ccc(N(C)C)c(C)c1[n+]2-c1ccccc1. The summed E-state index contributed by atoms with van der Waals surface area (Å²) in [6.45, 7) is 10.7. The number of aromatic nitrogens is 2. The Morgan fingerprint density at radius 3 is 1.98 bits per heavy atom. The zero-order valence-corrected chi connectivity index (χ0v) is 37.0. The van der Waals surface area contributed by atoms with E-state index >= 15 is 0 Å². The predicted molar refractivity (Wildman–Crippen MR) is 258 cm³/mol. The molecule has 310 valence electrons. The van der Waals surface area contributed by atoms with Crippen LogP contribution >= 0.6 is 0 Å². The second-order valence-corrected chi connectivity index (χ2v) is 16.6. The highest BCUT2D eigenvalue weighted by Crippen LogP contribution is 2.38. The van der Waals surface area contributed by atoms with Gasteiger partial charge >= 0.3 is 0 Å². The summed E-state index contributed by atoms with van der Waals surface area (Å²) in [5.41, 5.74) is 19.2. The second-order valence-electron chi connectivity index (χ2n) is 16.6. The van der Waals surface area contributed by atoms with Crippen molar-refractivity contribution in [3.05, 3.63) is 137 Å². The summed E-state index contributed by atoms with van der Waals surface area (Å²) >= 11 is 0. The van der Waals surface area contributed by atoms with E-state index in [1.165, 1.54) is 77.1 Å². The predicted octanol–water partition coefficient (Wildman–Crippen LogP) is 11.8. The van der Waals surface area contributed by atoms with Crippen LogP contribution in [0, 0.1) is 20.8 Å². The Morgan fingerprint density at radius 1 is 0.667 bits per heavy atom. The van der Waals surface area contributed by atoms with Crippen LogP contribution < -0.4 is 30.3 Å². The van der Waals surface area contributed by atoms with E-state index in [4.69, 9.17) is 9.98 Å². The van der Waals surface area contributed by atoms with Crippen LogP contribution in [0.3, 0.4) is 0 Å². The van der Waals surface area contributed by atoms with Gasteiger partial charge < -0.3 is 25.8 Å². The van der Waals surface area contributed by atoms with E-state index in [-0.39, 0.29) is 0 Å². The Labute approximate surface area is 357 Å². The number of nitrogens with zero attached hydrogens (tertiary/aromatic N) is 5. The quantitative estimate of drug-likeness (QED) is 0.0485. The first-order valence-electron chi connectivity index (χ1n) is 21.7. The van der Waals surface area contributed by atoms with Gasteiger partial charge in [-0.2, -0.15) is 0 Å². The molecule has 0 saturated heterocycles. The third kappa shape index (κ3) is 9.65. The Kier molecular flexibility index (Phi) is 13.5. The Hall–Kier alpha value is -6.15. The molecule has 1 aliphatic carbocycles. The molecule has 8 nitrogen and oxygen atoms in total. The van der Waals surface area contributed by atoms with Gasteiger partial charge in [0.25, 0.3) is 0 Å². The van der Waals surface area contributed by atoms with Crippen LogP contribution in [0.5, 0.6) is 0 Å². The van der Waals surface area contributed by atoms with Crippen molar-refractivity contribution in [3.8, 4) is 5.69 Å². The number of anilines is 5. The van der Waals surface area contributed by atoms with Crippen LogP contribution in [-0.2, 0) is 0 Å². The normalized spacial score (nSPS) is 13.4. The number of hydrogen-bond donors (Lipinski definition) is 3. The van der Waals surface area contributed by atoms with E-state index in [9.17, 15) is 0 Å². The molecule has 1 aromatic heterocycles. The first-order valence-corrected chi connectivity index (χ1v) is 21.7. The van der Waals surface area contributed by atoms with E-state index < -0.39 is 0 Å². The van der Waals surface area contributed by atoms with E-state index in [0.717, 1.165) is 76.5 Å². The lowest BCUT2D eigenvalue weighted by atomic mass is 10.0. The maximum atomic E-state index is 5.16. The molecule has 8 heteroatoms. The summed E-state index contributed by atoms with van der Waals surface area (Å²) in [7, 11) is 8.38. The van der Waals surface area contributed by atoms with Gasteiger partial charge in [-0.25, -0.2) is 4.98 Å². The van der Waals surface area contributed by atoms with Crippen LogP contribution in [0.25, 0.3) is 27.8 Å². The molecular formula is C52H63N8+. The van der Waals surface area contributed by atoms with Crippen molar-refractivity contribution in [2.45, 2.75) is 72.6 Å². The maximum absolute atomic E-state index is 5.16. The van der Waals surface area contributed by atoms with Crippen molar-refractivity contribution in [1.29, 1.82) is 0 Å². The van der Waals surface area contributed by atoms with Gasteiger partial charge in [0.05, 0.1) is 11.4 Å². The Morgan fingerprint density at radius 2 is 1.30 bits per heavy atom. The lowest BCUT2D eigenvalue weighted by Crippen LogP contribution is -2.34. The van der Waals surface area contributed by atoms with Gasteiger partial charge in [-0.1, -0.05) is 68.2 Å². The van der Waals surface area contributed by atoms with Crippen molar-refractivity contribution in [3.63, 3.8) is 0 Å². The molecule has 60 heavy (non-hydrogen) atoms. The molecule has 0 radical (unpaired) electrons. The van der Waals surface area contributed by atoms with E-state index in [1.807, 2.05) is 6.07 Å². The van der Waals surface area contributed by atoms with E-state index in [1.54, 1.807) is 0 Å². The number of benzene rings is 5. The third-order valence-corrected chi connectivity index (χ3v) is 11.7. The standard InChI is InChI=1S/C52H62N8/c1-36-33-41(55-44-27-29-48(58(5)6)38(3)51(44)56-40-21-15-13-16-22-40)25-26-43(36)53-31-19-11-9-10-12-20-32-54-46-35-50-47(34-37(46)2)57-45-28-30-49(59(7)8)39(4)52(45)60(50)42-23-17-14-18-24-42/h13-18,21-24,26-30,33-35,53,56H,9-12,19-20,25,31-32H2,1-8H3/p+1. The molecule has 0 unspecified atom stereocenters. The van der Waals surface area contributed by atoms with Gasteiger partial charge in [0, 0.05) is 106 Å². The lowest BCUT2D eigenvalue weighted by Gasteiger charge is -2.21. The molecule has 6 aromatic rings. The second kappa shape index (κ2) is 19.3. The first kappa shape index (κ1) is 42.0. The fourth-order valence-electron chi connectivity index (χ4n) is 8.46. The minimum atomic E-state index is 0.809. The van der Waals surface area contributed by atoms with E-state index in [0.29, 0.717) is 0 Å². The number of para-hydroxylation sites is 2. The van der Waals surface area contributed by atoms with Crippen molar-refractivity contribution in [2.75, 3.05) is 61.7 Å². The molecule has 0 fully saturated rings. The van der Waals surface area contributed by atoms with Crippen LogP contribution in [0.1, 0.15) is 68.6 Å². The number of aryl methyl sites for hydroxylation is 2. The smallest absolute Gasteiger partial charge is 0.242 e. The van der Waals surface area contributed by atoms with Crippen LogP contribution in [0.4, 0.5) is 34.1 Å². The molecule has 0 saturated carbocycles. The maximum Gasteiger partial charge on any atom is 0.242 e. The molecule has 7 rings (SSSR count).